The molecule has 0 saturated carbocycles. The minimum atomic E-state index is -0.536. The summed E-state index contributed by atoms with van der Waals surface area (Å²) in [5.74, 6) is -0.536. The maximum Gasteiger partial charge on any atom is 0.217 e. The Morgan fingerprint density at radius 3 is 3.00 bits per heavy atom. The highest BCUT2D eigenvalue weighted by molar-refractivity contribution is 5.15. The second-order valence-corrected chi connectivity index (χ2v) is 2.41. The fourth-order valence-electron chi connectivity index (χ4n) is 1.00. The minimum absolute atomic E-state index is 0.140. The molecule has 0 amide bonds. The summed E-state index contributed by atoms with van der Waals surface area (Å²) in [5.41, 5.74) is 0.391. The van der Waals surface area contributed by atoms with E-state index >= 15 is 0 Å². The van der Waals surface area contributed by atoms with Gasteiger partial charge in [-0.15, -0.1) is 0 Å². The Hall–Kier alpha value is -1.00. The number of pyridine rings is 1. The van der Waals surface area contributed by atoms with Gasteiger partial charge < -0.3 is 10.4 Å². The Morgan fingerprint density at radius 1 is 1.75 bits per heavy atom. The number of likely N-dealkylation sites (N-methyl/N-ethyl adjacent to an activating group) is 1. The number of rotatable bonds is 3. The average molecular weight is 170 g/mol. The Labute approximate surface area is 70.3 Å². The van der Waals surface area contributed by atoms with Crippen molar-refractivity contribution in [3.63, 3.8) is 0 Å². The number of hydrogen-bond acceptors (Lipinski definition) is 3. The molecule has 1 unspecified atom stereocenters. The summed E-state index contributed by atoms with van der Waals surface area (Å²) in [5, 5.41) is 11.6. The third kappa shape index (κ3) is 1.78. The van der Waals surface area contributed by atoms with Crippen LogP contribution in [-0.4, -0.2) is 23.7 Å². The van der Waals surface area contributed by atoms with Crippen LogP contribution >= 0.6 is 0 Å². The standard InChI is InChI=1S/C8H11FN2O/c1-10-7(5-12)6-3-2-4-11-8(6)9/h2-4,7,10,12H,5H2,1H3. The van der Waals surface area contributed by atoms with E-state index in [1.54, 1.807) is 19.2 Å². The summed E-state index contributed by atoms with van der Waals surface area (Å²) in [4.78, 5) is 3.48. The fraction of sp³-hybridized carbons (Fsp3) is 0.375. The van der Waals surface area contributed by atoms with Gasteiger partial charge >= 0.3 is 0 Å². The molecule has 1 atom stereocenters. The summed E-state index contributed by atoms with van der Waals surface area (Å²) in [6.07, 6.45) is 1.38. The van der Waals surface area contributed by atoms with E-state index in [2.05, 4.69) is 10.3 Å². The van der Waals surface area contributed by atoms with Crippen LogP contribution in [0.25, 0.3) is 0 Å². The van der Waals surface area contributed by atoms with Gasteiger partial charge in [0.1, 0.15) is 0 Å². The van der Waals surface area contributed by atoms with E-state index in [4.69, 9.17) is 5.11 Å². The lowest BCUT2D eigenvalue weighted by molar-refractivity contribution is 0.247. The van der Waals surface area contributed by atoms with Crippen LogP contribution in [0, 0.1) is 5.95 Å². The number of aliphatic hydroxyl groups excluding tert-OH is 1. The summed E-state index contributed by atoms with van der Waals surface area (Å²) in [6.45, 7) is -0.140. The molecule has 3 nitrogen and oxygen atoms in total. The molecule has 1 aromatic heterocycles. The van der Waals surface area contributed by atoms with Gasteiger partial charge in [0.05, 0.1) is 12.6 Å². The molecule has 66 valence electrons. The van der Waals surface area contributed by atoms with Crippen molar-refractivity contribution in [3.05, 3.63) is 29.8 Å². The zero-order valence-corrected chi connectivity index (χ0v) is 6.79. The van der Waals surface area contributed by atoms with Crippen molar-refractivity contribution in [1.29, 1.82) is 0 Å². The van der Waals surface area contributed by atoms with Crippen molar-refractivity contribution in [2.75, 3.05) is 13.7 Å². The summed E-state index contributed by atoms with van der Waals surface area (Å²) < 4.78 is 13.0. The van der Waals surface area contributed by atoms with Gasteiger partial charge in [-0.05, 0) is 13.1 Å². The van der Waals surface area contributed by atoms with Gasteiger partial charge in [0.2, 0.25) is 5.95 Å². The highest BCUT2D eigenvalue weighted by atomic mass is 19.1. The normalized spacial score (nSPS) is 12.9. The van der Waals surface area contributed by atoms with Gasteiger partial charge in [-0.2, -0.15) is 4.39 Å². The second kappa shape index (κ2) is 4.13. The molecule has 0 aliphatic carbocycles. The van der Waals surface area contributed by atoms with E-state index in [0.29, 0.717) is 5.56 Å². The molecule has 0 aromatic carbocycles. The van der Waals surface area contributed by atoms with Gasteiger partial charge in [-0.25, -0.2) is 4.98 Å². The first-order valence-electron chi connectivity index (χ1n) is 3.68. The van der Waals surface area contributed by atoms with Gasteiger partial charge in [-0.1, -0.05) is 6.07 Å². The molecule has 0 bridgehead atoms. The summed E-state index contributed by atoms with van der Waals surface area (Å²) in [6, 6.07) is 2.86. The van der Waals surface area contributed by atoms with E-state index in [1.165, 1.54) is 6.20 Å². The summed E-state index contributed by atoms with van der Waals surface area (Å²) in [7, 11) is 1.66. The largest absolute Gasteiger partial charge is 0.394 e. The third-order valence-corrected chi connectivity index (χ3v) is 1.69. The van der Waals surface area contributed by atoms with Crippen molar-refractivity contribution in [3.8, 4) is 0 Å². The van der Waals surface area contributed by atoms with E-state index < -0.39 is 5.95 Å². The van der Waals surface area contributed by atoms with Crippen LogP contribution in [0.1, 0.15) is 11.6 Å². The lowest BCUT2D eigenvalue weighted by Gasteiger charge is -2.12. The molecule has 4 heteroatoms. The molecule has 0 aliphatic heterocycles. The fourth-order valence-corrected chi connectivity index (χ4v) is 1.00. The highest BCUT2D eigenvalue weighted by Gasteiger charge is 2.12. The van der Waals surface area contributed by atoms with E-state index in [9.17, 15) is 4.39 Å². The first kappa shape index (κ1) is 9.09. The van der Waals surface area contributed by atoms with Crippen molar-refractivity contribution in [1.82, 2.24) is 10.3 Å². The zero-order valence-electron chi connectivity index (χ0n) is 6.79. The molecule has 1 heterocycles. The molecule has 0 spiro atoms. The Morgan fingerprint density at radius 2 is 2.50 bits per heavy atom. The Balaban J connectivity index is 2.92. The zero-order chi connectivity index (χ0) is 8.97. The van der Waals surface area contributed by atoms with E-state index in [0.717, 1.165) is 0 Å². The van der Waals surface area contributed by atoms with Gasteiger partial charge in [0, 0.05) is 11.8 Å². The maximum atomic E-state index is 13.0. The smallest absolute Gasteiger partial charge is 0.217 e. The van der Waals surface area contributed by atoms with Crippen molar-refractivity contribution >= 4 is 0 Å². The second-order valence-electron chi connectivity index (χ2n) is 2.41. The van der Waals surface area contributed by atoms with Crippen molar-refractivity contribution in [2.24, 2.45) is 0 Å². The van der Waals surface area contributed by atoms with Crippen LogP contribution in [0.15, 0.2) is 18.3 Å². The molecule has 0 radical (unpaired) electrons. The lowest BCUT2D eigenvalue weighted by Crippen LogP contribution is -2.21. The monoisotopic (exact) mass is 170 g/mol. The van der Waals surface area contributed by atoms with Gasteiger partial charge in [0.25, 0.3) is 0 Å². The lowest BCUT2D eigenvalue weighted by atomic mass is 10.1. The third-order valence-electron chi connectivity index (χ3n) is 1.69. The average Bonchev–Trinajstić information content (AvgIpc) is 2.10. The maximum absolute atomic E-state index is 13.0. The van der Waals surface area contributed by atoms with Crippen LogP contribution < -0.4 is 5.32 Å². The van der Waals surface area contributed by atoms with Crippen LogP contribution in [0.4, 0.5) is 4.39 Å². The molecule has 2 N–H and O–H groups in total. The van der Waals surface area contributed by atoms with Crippen LogP contribution in [0.5, 0.6) is 0 Å². The van der Waals surface area contributed by atoms with Crippen molar-refractivity contribution in [2.45, 2.75) is 6.04 Å². The molecule has 0 aliphatic rings. The van der Waals surface area contributed by atoms with Gasteiger partial charge in [-0.3, -0.25) is 0 Å². The molecular formula is C8H11FN2O. The number of hydrogen-bond donors (Lipinski definition) is 2. The van der Waals surface area contributed by atoms with Gasteiger partial charge in [0.15, 0.2) is 0 Å². The number of aromatic nitrogens is 1. The predicted octanol–water partition coefficient (Wildman–Crippen LogP) is 0.474. The molecule has 0 fully saturated rings. The first-order valence-corrected chi connectivity index (χ1v) is 3.68. The van der Waals surface area contributed by atoms with Crippen LogP contribution in [0.2, 0.25) is 0 Å². The van der Waals surface area contributed by atoms with Crippen molar-refractivity contribution < 1.29 is 9.50 Å². The Bertz CT molecular complexity index is 251. The minimum Gasteiger partial charge on any atom is -0.394 e. The molecule has 0 saturated heterocycles. The van der Waals surface area contributed by atoms with E-state index in [1.807, 2.05) is 0 Å². The SMILES string of the molecule is CNC(CO)c1cccnc1F. The Kier molecular flexibility index (Phi) is 3.13. The molecule has 1 aromatic rings. The highest BCUT2D eigenvalue weighted by Crippen LogP contribution is 2.13. The topological polar surface area (TPSA) is 45.1 Å². The van der Waals surface area contributed by atoms with Crippen LogP contribution in [-0.2, 0) is 0 Å². The van der Waals surface area contributed by atoms with Crippen LogP contribution in [0.3, 0.4) is 0 Å². The first-order chi connectivity index (χ1) is 5.79. The number of nitrogens with zero attached hydrogens (tertiary/aromatic N) is 1. The molecular weight excluding hydrogens is 159 g/mol. The molecule has 12 heavy (non-hydrogen) atoms. The summed E-state index contributed by atoms with van der Waals surface area (Å²) >= 11 is 0. The predicted molar refractivity (Wildman–Crippen MR) is 43.1 cm³/mol. The quantitative estimate of drug-likeness (QED) is 0.648. The number of halogens is 1. The molecule has 1 rings (SSSR count). The number of nitrogens with one attached hydrogen (secondary N) is 1. The number of aliphatic hydroxyl groups is 1. The van der Waals surface area contributed by atoms with E-state index in [-0.39, 0.29) is 12.6 Å².